The summed E-state index contributed by atoms with van der Waals surface area (Å²) in [6.07, 6.45) is 4.00. The molecule has 5 nitrogen and oxygen atoms in total. The summed E-state index contributed by atoms with van der Waals surface area (Å²) in [5.74, 6) is 1.40. The van der Waals surface area contributed by atoms with Crippen LogP contribution in [0.1, 0.15) is 35.0 Å². The minimum atomic E-state index is -0.113. The molecule has 1 aliphatic rings. The van der Waals surface area contributed by atoms with Crippen LogP contribution in [0.2, 0.25) is 0 Å². The molecule has 4 rings (SSSR count). The van der Waals surface area contributed by atoms with Gasteiger partial charge in [-0.25, -0.2) is 9.97 Å². The molecule has 1 fully saturated rings. The topological polar surface area (TPSA) is 58.1 Å². The first kappa shape index (κ1) is 18.4. The molecule has 0 aliphatic carbocycles. The van der Waals surface area contributed by atoms with E-state index in [9.17, 15) is 4.79 Å². The van der Waals surface area contributed by atoms with Crippen LogP contribution < -0.4 is 10.2 Å². The summed E-state index contributed by atoms with van der Waals surface area (Å²) in [7, 11) is 0. The first-order valence-electron chi connectivity index (χ1n) is 9.09. The zero-order valence-electron chi connectivity index (χ0n) is 15.3. The van der Waals surface area contributed by atoms with Crippen molar-refractivity contribution in [2.24, 2.45) is 5.92 Å². The van der Waals surface area contributed by atoms with Crippen LogP contribution in [0.25, 0.3) is 10.2 Å². The van der Waals surface area contributed by atoms with Crippen LogP contribution in [-0.2, 0) is 0 Å². The summed E-state index contributed by atoms with van der Waals surface area (Å²) < 4.78 is 0.929. The number of piperidine rings is 1. The fourth-order valence-corrected chi connectivity index (χ4v) is 5.07. The van der Waals surface area contributed by atoms with Gasteiger partial charge in [0, 0.05) is 28.1 Å². The summed E-state index contributed by atoms with van der Waals surface area (Å²) >= 11 is 5.00. The number of aryl methyl sites for hydroxylation is 1. The lowest BCUT2D eigenvalue weighted by atomic mass is 10.00. The van der Waals surface area contributed by atoms with Gasteiger partial charge in [0.25, 0.3) is 5.91 Å². The Bertz CT molecular complexity index is 1000. The number of carbonyl (C=O) groups is 1. The Morgan fingerprint density at radius 3 is 3.00 bits per heavy atom. The van der Waals surface area contributed by atoms with Gasteiger partial charge in [-0.1, -0.05) is 28.9 Å². The standard InChI is InChI=1S/C20H21BrN4OS/c1-12-5-4-8-25(10-12)18-17-16(13(2)27-20(17)23-11-22-18)19(26)24-15-7-3-6-14(21)9-15/h3,6-7,9,11-12H,4-5,8,10H2,1-2H3,(H,24,26). The summed E-state index contributed by atoms with van der Waals surface area (Å²) in [6, 6.07) is 7.62. The quantitative estimate of drug-likeness (QED) is 0.598. The number of benzene rings is 1. The molecule has 1 aromatic carbocycles. The van der Waals surface area contributed by atoms with Crippen molar-refractivity contribution < 1.29 is 4.79 Å². The number of nitrogens with one attached hydrogen (secondary N) is 1. The van der Waals surface area contributed by atoms with Crippen LogP contribution in [0, 0.1) is 12.8 Å². The lowest BCUT2D eigenvalue weighted by Crippen LogP contribution is -2.35. The molecule has 7 heteroatoms. The van der Waals surface area contributed by atoms with Crippen LogP contribution in [0.4, 0.5) is 11.5 Å². The van der Waals surface area contributed by atoms with E-state index < -0.39 is 0 Å². The van der Waals surface area contributed by atoms with Crippen molar-refractivity contribution >= 4 is 54.9 Å². The van der Waals surface area contributed by atoms with E-state index in [2.05, 4.69) is 43.0 Å². The molecular formula is C20H21BrN4OS. The number of amides is 1. The maximum Gasteiger partial charge on any atom is 0.257 e. The van der Waals surface area contributed by atoms with Crippen LogP contribution in [0.5, 0.6) is 0 Å². The minimum absolute atomic E-state index is 0.113. The number of fused-ring (bicyclic) bond motifs is 1. The van der Waals surface area contributed by atoms with E-state index in [0.717, 1.165) is 50.6 Å². The van der Waals surface area contributed by atoms with Gasteiger partial charge in [-0.05, 0) is 43.9 Å². The van der Waals surface area contributed by atoms with Crippen LogP contribution >= 0.6 is 27.3 Å². The lowest BCUT2D eigenvalue weighted by Gasteiger charge is -2.32. The molecule has 0 bridgehead atoms. The number of nitrogens with zero attached hydrogens (tertiary/aromatic N) is 3. The molecule has 1 atom stereocenters. The average molecular weight is 445 g/mol. The van der Waals surface area contributed by atoms with E-state index in [1.165, 1.54) is 6.42 Å². The van der Waals surface area contributed by atoms with E-state index >= 15 is 0 Å². The van der Waals surface area contributed by atoms with Crippen molar-refractivity contribution in [2.45, 2.75) is 26.7 Å². The van der Waals surface area contributed by atoms with Gasteiger partial charge in [0.1, 0.15) is 17.0 Å². The highest BCUT2D eigenvalue weighted by molar-refractivity contribution is 9.10. The first-order valence-corrected chi connectivity index (χ1v) is 10.7. The van der Waals surface area contributed by atoms with E-state index in [4.69, 9.17) is 0 Å². The Kier molecular flexibility index (Phi) is 5.14. The molecule has 0 spiro atoms. The Morgan fingerprint density at radius 1 is 1.37 bits per heavy atom. The fourth-order valence-electron chi connectivity index (χ4n) is 3.68. The van der Waals surface area contributed by atoms with Gasteiger partial charge in [-0.15, -0.1) is 11.3 Å². The number of hydrogen-bond acceptors (Lipinski definition) is 5. The third-order valence-corrected chi connectivity index (χ3v) is 6.42. The molecule has 1 unspecified atom stereocenters. The second-order valence-corrected chi connectivity index (χ2v) is 9.19. The van der Waals surface area contributed by atoms with Gasteiger partial charge >= 0.3 is 0 Å². The average Bonchev–Trinajstić information content (AvgIpc) is 2.97. The molecule has 3 heterocycles. The fraction of sp³-hybridized carbons (Fsp3) is 0.350. The molecule has 1 N–H and O–H groups in total. The number of anilines is 2. The molecular weight excluding hydrogens is 424 g/mol. The monoisotopic (exact) mass is 444 g/mol. The third kappa shape index (κ3) is 3.71. The summed E-state index contributed by atoms with van der Waals surface area (Å²) in [4.78, 5) is 26.3. The number of thiophene rings is 1. The second kappa shape index (κ2) is 7.56. The van der Waals surface area contributed by atoms with Crippen molar-refractivity contribution in [3.8, 4) is 0 Å². The highest BCUT2D eigenvalue weighted by Crippen LogP contribution is 2.36. The lowest BCUT2D eigenvalue weighted by molar-refractivity contribution is 0.102. The molecule has 27 heavy (non-hydrogen) atoms. The SMILES string of the molecule is Cc1sc2ncnc(N3CCCC(C)C3)c2c1C(=O)Nc1cccc(Br)c1. The summed E-state index contributed by atoms with van der Waals surface area (Å²) in [6.45, 7) is 6.18. The van der Waals surface area contributed by atoms with Crippen LogP contribution in [-0.4, -0.2) is 29.0 Å². The van der Waals surface area contributed by atoms with Crippen molar-refractivity contribution in [3.63, 3.8) is 0 Å². The molecule has 0 radical (unpaired) electrons. The summed E-state index contributed by atoms with van der Waals surface area (Å²) in [5.41, 5.74) is 1.45. The summed E-state index contributed by atoms with van der Waals surface area (Å²) in [5, 5.41) is 3.90. The molecule has 1 aliphatic heterocycles. The van der Waals surface area contributed by atoms with Crippen molar-refractivity contribution in [1.29, 1.82) is 0 Å². The minimum Gasteiger partial charge on any atom is -0.356 e. The predicted molar refractivity (Wildman–Crippen MR) is 115 cm³/mol. The zero-order valence-corrected chi connectivity index (χ0v) is 17.7. The van der Waals surface area contributed by atoms with Crippen LogP contribution in [0.15, 0.2) is 35.1 Å². The van der Waals surface area contributed by atoms with Gasteiger partial charge in [0.05, 0.1) is 10.9 Å². The maximum absolute atomic E-state index is 13.1. The third-order valence-electron chi connectivity index (χ3n) is 4.91. The molecule has 1 saturated heterocycles. The zero-order chi connectivity index (χ0) is 19.0. The second-order valence-electron chi connectivity index (χ2n) is 7.07. The predicted octanol–water partition coefficient (Wildman–Crippen LogP) is 5.25. The molecule has 140 valence electrons. The van der Waals surface area contributed by atoms with Crippen LogP contribution in [0.3, 0.4) is 0 Å². The highest BCUT2D eigenvalue weighted by atomic mass is 79.9. The van der Waals surface area contributed by atoms with E-state index in [1.54, 1.807) is 17.7 Å². The van der Waals surface area contributed by atoms with E-state index in [1.807, 2.05) is 31.2 Å². The Hall–Kier alpha value is -1.99. The smallest absolute Gasteiger partial charge is 0.257 e. The molecule has 0 saturated carbocycles. The Labute approximate surface area is 171 Å². The van der Waals surface area contributed by atoms with E-state index in [0.29, 0.717) is 11.5 Å². The largest absolute Gasteiger partial charge is 0.356 e. The molecule has 2 aromatic heterocycles. The number of rotatable bonds is 3. The van der Waals surface area contributed by atoms with Gasteiger partial charge in [-0.3, -0.25) is 4.79 Å². The van der Waals surface area contributed by atoms with Crippen molar-refractivity contribution in [3.05, 3.63) is 45.5 Å². The number of aromatic nitrogens is 2. The van der Waals surface area contributed by atoms with Gasteiger partial charge in [0.2, 0.25) is 0 Å². The van der Waals surface area contributed by atoms with Gasteiger partial charge in [0.15, 0.2) is 0 Å². The van der Waals surface area contributed by atoms with Crippen molar-refractivity contribution in [2.75, 3.05) is 23.3 Å². The van der Waals surface area contributed by atoms with E-state index in [-0.39, 0.29) is 5.91 Å². The molecule has 1 amide bonds. The molecule has 3 aromatic rings. The van der Waals surface area contributed by atoms with Crippen molar-refractivity contribution in [1.82, 2.24) is 9.97 Å². The van der Waals surface area contributed by atoms with Gasteiger partial charge < -0.3 is 10.2 Å². The van der Waals surface area contributed by atoms with Gasteiger partial charge in [-0.2, -0.15) is 0 Å². The number of carbonyl (C=O) groups excluding carboxylic acids is 1. The Balaban J connectivity index is 1.76. The maximum atomic E-state index is 13.1. The number of hydrogen-bond donors (Lipinski definition) is 1. The highest BCUT2D eigenvalue weighted by Gasteiger charge is 2.25. The number of halogens is 1. The Morgan fingerprint density at radius 2 is 2.22 bits per heavy atom. The normalized spacial score (nSPS) is 17.3. The first-order chi connectivity index (χ1) is 13.0.